The van der Waals surface area contributed by atoms with Gasteiger partial charge in [0.25, 0.3) is 0 Å². The fourth-order valence-corrected chi connectivity index (χ4v) is 3.25. The van der Waals surface area contributed by atoms with Gasteiger partial charge in [0.15, 0.2) is 0 Å². The van der Waals surface area contributed by atoms with Gasteiger partial charge >= 0.3 is 18.0 Å². The first-order chi connectivity index (χ1) is 13.3. The fourth-order valence-electron chi connectivity index (χ4n) is 3.25. The molecule has 28 heavy (non-hydrogen) atoms. The molecule has 1 rings (SSSR count). The zero-order valence-electron chi connectivity index (χ0n) is 16.5. The zero-order chi connectivity index (χ0) is 21.0. The lowest BCUT2D eigenvalue weighted by molar-refractivity contribution is -0.171. The highest BCUT2D eigenvalue weighted by Gasteiger charge is 2.35. The minimum Gasteiger partial charge on any atom is -0.481 e. The molecular weight excluding hydrogens is 374 g/mol. The molecule has 2 atom stereocenters. The van der Waals surface area contributed by atoms with Crippen LogP contribution in [-0.4, -0.2) is 74.1 Å². The van der Waals surface area contributed by atoms with E-state index in [9.17, 15) is 19.5 Å². The number of amides is 1. The van der Waals surface area contributed by atoms with Crippen molar-refractivity contribution in [3.8, 4) is 0 Å². The number of alkyl carbamates (subject to hydrolysis) is 1. The molecule has 1 amide bonds. The van der Waals surface area contributed by atoms with Crippen molar-refractivity contribution in [1.82, 2.24) is 5.32 Å². The van der Waals surface area contributed by atoms with Gasteiger partial charge in [0.1, 0.15) is 12.7 Å². The number of aliphatic hydroxyl groups excluding tert-OH is 1. The van der Waals surface area contributed by atoms with Crippen LogP contribution in [0.3, 0.4) is 0 Å². The molecule has 162 valence electrons. The minimum atomic E-state index is -1.14. The lowest BCUT2D eigenvalue weighted by Gasteiger charge is -2.36. The van der Waals surface area contributed by atoms with Crippen LogP contribution in [0.5, 0.6) is 0 Å². The Kier molecular flexibility index (Phi) is 10.8. The molecule has 1 aliphatic rings. The van der Waals surface area contributed by atoms with Crippen LogP contribution in [0.2, 0.25) is 0 Å². The number of nitrogens with one attached hydrogen (secondary N) is 1. The van der Waals surface area contributed by atoms with E-state index in [1.54, 1.807) is 0 Å². The number of carboxylic acids is 1. The summed E-state index contributed by atoms with van der Waals surface area (Å²) in [6, 6.07) is 0. The van der Waals surface area contributed by atoms with Crippen LogP contribution in [0.4, 0.5) is 4.79 Å². The molecule has 1 fully saturated rings. The molecule has 0 aromatic heterocycles. The lowest BCUT2D eigenvalue weighted by atomic mass is 9.72. The van der Waals surface area contributed by atoms with E-state index in [0.29, 0.717) is 0 Å². The maximum absolute atomic E-state index is 11.9. The molecule has 0 saturated heterocycles. The van der Waals surface area contributed by atoms with E-state index < -0.39 is 42.4 Å². The largest absolute Gasteiger partial charge is 0.481 e. The Morgan fingerprint density at radius 1 is 1.11 bits per heavy atom. The summed E-state index contributed by atoms with van der Waals surface area (Å²) in [5, 5.41) is 21.1. The molecule has 0 radical (unpaired) electrons. The normalized spacial score (nSPS) is 18.0. The second-order valence-electron chi connectivity index (χ2n) is 7.07. The molecule has 3 N–H and O–H groups in total. The molecule has 0 aliphatic heterocycles. The Hall–Kier alpha value is -1.91. The van der Waals surface area contributed by atoms with Crippen LogP contribution in [0.25, 0.3) is 0 Å². The second-order valence-corrected chi connectivity index (χ2v) is 7.07. The van der Waals surface area contributed by atoms with Crippen molar-refractivity contribution in [2.45, 2.75) is 57.8 Å². The number of hydrogen-bond acceptors (Lipinski definition) is 8. The van der Waals surface area contributed by atoms with E-state index in [-0.39, 0.29) is 26.2 Å². The Morgan fingerprint density at radius 3 is 2.39 bits per heavy atom. The highest BCUT2D eigenvalue weighted by molar-refractivity contribution is 5.71. The number of hydrogen-bond donors (Lipinski definition) is 3. The third kappa shape index (κ3) is 9.86. The highest BCUT2D eigenvalue weighted by atomic mass is 16.7. The summed E-state index contributed by atoms with van der Waals surface area (Å²) >= 11 is 0. The standard InChI is InChI=1S/C18H31NO9/c1-13(27-16(23)11-26-10-14(20)9-25-2)28-17(24)19-12-18(8-15(21)22)6-4-3-5-7-18/h13-14,20H,3-12H2,1-2H3,(H,19,24)(H,21,22). The van der Waals surface area contributed by atoms with E-state index in [0.717, 1.165) is 32.1 Å². The van der Waals surface area contributed by atoms with Crippen LogP contribution in [0, 0.1) is 5.41 Å². The Bertz CT molecular complexity index is 505. The zero-order valence-corrected chi connectivity index (χ0v) is 16.5. The number of ether oxygens (including phenoxy) is 4. The number of esters is 1. The second kappa shape index (κ2) is 12.5. The van der Waals surface area contributed by atoms with Crippen LogP contribution in [-0.2, 0) is 28.5 Å². The van der Waals surface area contributed by atoms with Gasteiger partial charge in [-0.3, -0.25) is 4.79 Å². The quantitative estimate of drug-likeness (QED) is 0.321. The van der Waals surface area contributed by atoms with Gasteiger partial charge in [-0.2, -0.15) is 0 Å². The first-order valence-electron chi connectivity index (χ1n) is 9.37. The molecule has 0 spiro atoms. The van der Waals surface area contributed by atoms with Crippen LogP contribution >= 0.6 is 0 Å². The maximum atomic E-state index is 11.9. The number of aliphatic carboxylic acids is 1. The van der Waals surface area contributed by atoms with Gasteiger partial charge in [-0.1, -0.05) is 19.3 Å². The molecule has 1 aliphatic carbocycles. The predicted octanol–water partition coefficient (Wildman–Crippen LogP) is 1.05. The lowest BCUT2D eigenvalue weighted by Crippen LogP contribution is -2.41. The smallest absolute Gasteiger partial charge is 0.410 e. The SMILES string of the molecule is COCC(O)COCC(=O)OC(C)OC(=O)NCC1(CC(=O)O)CCCCC1. The van der Waals surface area contributed by atoms with Gasteiger partial charge < -0.3 is 34.5 Å². The van der Waals surface area contributed by atoms with Crippen molar-refractivity contribution in [2.75, 3.05) is 33.5 Å². The average molecular weight is 405 g/mol. The average Bonchev–Trinajstić information content (AvgIpc) is 2.60. The topological polar surface area (TPSA) is 141 Å². The summed E-state index contributed by atoms with van der Waals surface area (Å²) in [7, 11) is 1.43. The number of carbonyl (C=O) groups excluding carboxylic acids is 2. The van der Waals surface area contributed by atoms with Crippen molar-refractivity contribution in [3.05, 3.63) is 0 Å². The third-order valence-electron chi connectivity index (χ3n) is 4.51. The number of rotatable bonds is 12. The molecule has 0 heterocycles. The molecular formula is C18H31NO9. The third-order valence-corrected chi connectivity index (χ3v) is 4.51. The summed E-state index contributed by atoms with van der Waals surface area (Å²) in [5.74, 6) is -1.64. The Balaban J connectivity index is 2.31. The Morgan fingerprint density at radius 2 is 1.79 bits per heavy atom. The predicted molar refractivity (Wildman–Crippen MR) is 96.5 cm³/mol. The number of aliphatic hydroxyl groups is 1. The molecule has 0 bridgehead atoms. The van der Waals surface area contributed by atoms with E-state index in [1.807, 2.05) is 0 Å². The fraction of sp³-hybridized carbons (Fsp3) is 0.833. The monoisotopic (exact) mass is 405 g/mol. The summed E-state index contributed by atoms with van der Waals surface area (Å²) in [6.45, 7) is 1.16. The number of methoxy groups -OCH3 is 1. The van der Waals surface area contributed by atoms with E-state index >= 15 is 0 Å². The number of carboxylic acid groups (broad SMARTS) is 1. The van der Waals surface area contributed by atoms with Gasteiger partial charge in [-0.25, -0.2) is 9.59 Å². The van der Waals surface area contributed by atoms with E-state index in [2.05, 4.69) is 5.32 Å². The van der Waals surface area contributed by atoms with Crippen molar-refractivity contribution < 1.29 is 43.5 Å². The molecule has 2 unspecified atom stereocenters. The van der Waals surface area contributed by atoms with Crippen molar-refractivity contribution in [2.24, 2.45) is 5.41 Å². The summed E-state index contributed by atoms with van der Waals surface area (Å²) in [5.41, 5.74) is -0.472. The molecule has 1 saturated carbocycles. The van der Waals surface area contributed by atoms with Crippen LogP contribution in [0.15, 0.2) is 0 Å². The van der Waals surface area contributed by atoms with Crippen molar-refractivity contribution >= 4 is 18.0 Å². The maximum Gasteiger partial charge on any atom is 0.410 e. The Labute approximate surface area is 164 Å². The summed E-state index contributed by atoms with van der Waals surface area (Å²) in [4.78, 5) is 34.7. The first-order valence-corrected chi connectivity index (χ1v) is 9.37. The van der Waals surface area contributed by atoms with Crippen molar-refractivity contribution in [1.29, 1.82) is 0 Å². The van der Waals surface area contributed by atoms with E-state index in [1.165, 1.54) is 14.0 Å². The molecule has 0 aromatic rings. The number of carbonyl (C=O) groups is 3. The molecule has 10 heteroatoms. The van der Waals surface area contributed by atoms with Gasteiger partial charge in [0.2, 0.25) is 6.29 Å². The minimum absolute atomic E-state index is 0.00984. The highest BCUT2D eigenvalue weighted by Crippen LogP contribution is 2.38. The van der Waals surface area contributed by atoms with Crippen LogP contribution < -0.4 is 5.32 Å². The van der Waals surface area contributed by atoms with Gasteiger partial charge in [0.05, 0.1) is 19.6 Å². The molecule has 0 aromatic carbocycles. The molecule has 10 nitrogen and oxygen atoms in total. The summed E-state index contributed by atoms with van der Waals surface area (Å²) < 4.78 is 19.6. The van der Waals surface area contributed by atoms with E-state index in [4.69, 9.17) is 24.1 Å². The van der Waals surface area contributed by atoms with Gasteiger partial charge in [0, 0.05) is 20.6 Å². The van der Waals surface area contributed by atoms with Crippen molar-refractivity contribution in [3.63, 3.8) is 0 Å². The van der Waals surface area contributed by atoms with Gasteiger partial charge in [-0.15, -0.1) is 0 Å². The first kappa shape index (κ1) is 24.1. The van der Waals surface area contributed by atoms with Gasteiger partial charge in [-0.05, 0) is 18.3 Å². The summed E-state index contributed by atoms with van der Waals surface area (Å²) in [6.07, 6.45) is 1.60. The van der Waals surface area contributed by atoms with Crippen LogP contribution in [0.1, 0.15) is 45.4 Å².